The largest absolute Gasteiger partial charge is 0.391 e. The highest BCUT2D eigenvalue weighted by molar-refractivity contribution is 5.95. The fourth-order valence-corrected chi connectivity index (χ4v) is 8.30. The van der Waals surface area contributed by atoms with E-state index in [0.29, 0.717) is 31.6 Å². The van der Waals surface area contributed by atoms with Crippen LogP contribution in [0, 0.1) is 30.1 Å². The number of hydrogen-bond acceptors (Lipinski definition) is 6. The number of aromatic nitrogens is 4. The molecule has 0 radical (unpaired) electrons. The Hall–Kier alpha value is -3.26. The zero-order chi connectivity index (χ0) is 25.9. The smallest absolute Gasteiger partial charge is 0.257 e. The monoisotopic (exact) mass is 512 g/mol. The summed E-state index contributed by atoms with van der Waals surface area (Å²) >= 11 is 0. The number of hydrogen-bond donors (Lipinski definition) is 2. The van der Waals surface area contributed by atoms with Gasteiger partial charge in [-0.25, -0.2) is 14.6 Å². The Labute approximate surface area is 223 Å². The summed E-state index contributed by atoms with van der Waals surface area (Å²) in [5.74, 6) is 3.22. The highest BCUT2D eigenvalue weighted by atomic mass is 16.3. The van der Waals surface area contributed by atoms with Gasteiger partial charge in [0.15, 0.2) is 0 Å². The highest BCUT2D eigenvalue weighted by Gasteiger charge is 2.53. The van der Waals surface area contributed by atoms with Gasteiger partial charge >= 0.3 is 0 Å². The van der Waals surface area contributed by atoms with Crippen molar-refractivity contribution < 1.29 is 9.90 Å². The van der Waals surface area contributed by atoms with Crippen LogP contribution in [0.4, 0.5) is 5.82 Å². The number of carbonyl (C=O) groups is 1. The lowest BCUT2D eigenvalue weighted by molar-refractivity contribution is -0.115. The number of rotatable bonds is 6. The Morgan fingerprint density at radius 1 is 1.11 bits per heavy atom. The van der Waals surface area contributed by atoms with E-state index >= 15 is 0 Å². The Morgan fingerprint density at radius 2 is 1.82 bits per heavy atom. The van der Waals surface area contributed by atoms with Crippen molar-refractivity contribution in [3.8, 4) is 5.69 Å². The number of aliphatic hydroxyl groups is 1. The van der Waals surface area contributed by atoms with Crippen LogP contribution >= 0.6 is 0 Å². The summed E-state index contributed by atoms with van der Waals surface area (Å²) in [4.78, 5) is 24.4. The Kier molecular flexibility index (Phi) is 5.76. The zero-order valence-electron chi connectivity index (χ0n) is 22.0. The number of benzene rings is 1. The van der Waals surface area contributed by atoms with Crippen LogP contribution in [0.2, 0.25) is 0 Å². The normalized spacial score (nSPS) is 28.3. The van der Waals surface area contributed by atoms with E-state index in [-0.39, 0.29) is 17.4 Å². The molecule has 8 heteroatoms. The molecular weight excluding hydrogens is 476 g/mol. The molecule has 0 spiro atoms. The third-order valence-corrected chi connectivity index (χ3v) is 9.79. The average Bonchev–Trinajstić information content (AvgIpc) is 3.31. The molecule has 1 aromatic carbocycles. The topological polar surface area (TPSA) is 96.2 Å². The molecule has 2 aromatic heterocycles. The summed E-state index contributed by atoms with van der Waals surface area (Å²) in [6, 6.07) is 9.86. The Morgan fingerprint density at radius 3 is 2.53 bits per heavy atom. The molecule has 3 heterocycles. The van der Waals surface area contributed by atoms with Crippen LogP contribution in [0.25, 0.3) is 5.69 Å². The van der Waals surface area contributed by atoms with E-state index in [9.17, 15) is 9.90 Å². The predicted octanol–water partition coefficient (Wildman–Crippen LogP) is 4.16. The number of nitrogens with zero attached hydrogens (tertiary/aromatic N) is 5. The van der Waals surface area contributed by atoms with E-state index in [1.807, 2.05) is 46.8 Å². The molecule has 4 fully saturated rings. The first kappa shape index (κ1) is 23.8. The van der Waals surface area contributed by atoms with Gasteiger partial charge in [0.05, 0.1) is 41.5 Å². The van der Waals surface area contributed by atoms with E-state index in [1.54, 1.807) is 12.5 Å². The van der Waals surface area contributed by atoms with Gasteiger partial charge in [0, 0.05) is 18.7 Å². The van der Waals surface area contributed by atoms with Crippen molar-refractivity contribution in [2.75, 3.05) is 18.4 Å². The van der Waals surface area contributed by atoms with E-state index in [4.69, 9.17) is 0 Å². The molecular formula is C30H36N6O2. The van der Waals surface area contributed by atoms with Crippen LogP contribution in [0.15, 0.2) is 42.9 Å². The van der Waals surface area contributed by atoms with E-state index in [0.717, 1.165) is 46.2 Å². The minimum absolute atomic E-state index is 0.0271. The van der Waals surface area contributed by atoms with Crippen molar-refractivity contribution in [2.24, 2.45) is 23.2 Å². The second-order valence-corrected chi connectivity index (χ2v) is 12.2. The first-order valence-corrected chi connectivity index (χ1v) is 14.1. The van der Waals surface area contributed by atoms with Crippen molar-refractivity contribution in [2.45, 2.75) is 64.5 Å². The summed E-state index contributed by atoms with van der Waals surface area (Å²) in [7, 11) is 0. The molecule has 2 N–H and O–H groups in total. The summed E-state index contributed by atoms with van der Waals surface area (Å²) in [6.45, 7) is 3.50. The number of para-hydroxylation sites is 1. The van der Waals surface area contributed by atoms with Gasteiger partial charge in [-0.2, -0.15) is 5.10 Å². The maximum absolute atomic E-state index is 13.5. The van der Waals surface area contributed by atoms with Gasteiger partial charge in [-0.05, 0) is 87.2 Å². The van der Waals surface area contributed by atoms with Crippen LogP contribution in [-0.2, 0) is 13.0 Å². The third-order valence-electron chi connectivity index (χ3n) is 9.79. The van der Waals surface area contributed by atoms with Crippen molar-refractivity contribution in [3.05, 3.63) is 65.4 Å². The highest BCUT2D eigenvalue weighted by Crippen LogP contribution is 2.61. The number of aliphatic hydroxyl groups excluding tert-OH is 1. The second kappa shape index (κ2) is 9.19. The van der Waals surface area contributed by atoms with E-state index in [1.165, 1.54) is 38.5 Å². The average molecular weight is 513 g/mol. The zero-order valence-corrected chi connectivity index (χ0v) is 22.0. The lowest BCUT2D eigenvalue weighted by Crippen LogP contribution is -2.53. The summed E-state index contributed by atoms with van der Waals surface area (Å²) < 4.78 is 1.81. The number of fused-ring (bicyclic) bond motifs is 1. The van der Waals surface area contributed by atoms with Gasteiger partial charge in [-0.15, -0.1) is 0 Å². The molecule has 1 unspecified atom stereocenters. The molecule has 8 rings (SSSR count). The molecule has 1 aliphatic heterocycles. The fraction of sp³-hybridized carbons (Fsp3) is 0.533. The molecule has 1 atom stereocenters. The van der Waals surface area contributed by atoms with Crippen molar-refractivity contribution in [1.29, 1.82) is 0 Å². The molecule has 198 valence electrons. The summed E-state index contributed by atoms with van der Waals surface area (Å²) in [6.07, 6.45) is 11.2. The molecule has 4 saturated carbocycles. The first-order valence-electron chi connectivity index (χ1n) is 14.1. The van der Waals surface area contributed by atoms with Gasteiger partial charge in [-0.3, -0.25) is 4.79 Å². The summed E-state index contributed by atoms with van der Waals surface area (Å²) in [5, 5.41) is 19.3. The Balaban J connectivity index is 1.04. The minimum atomic E-state index is -0.354. The van der Waals surface area contributed by atoms with Gasteiger partial charge in [0.1, 0.15) is 12.1 Å². The van der Waals surface area contributed by atoms with E-state index in [2.05, 4.69) is 20.4 Å². The van der Waals surface area contributed by atoms with Gasteiger partial charge in [0.25, 0.3) is 5.91 Å². The maximum Gasteiger partial charge on any atom is 0.257 e. The minimum Gasteiger partial charge on any atom is -0.391 e. The molecule has 38 heavy (non-hydrogen) atoms. The van der Waals surface area contributed by atoms with Crippen LogP contribution in [0.1, 0.15) is 65.8 Å². The van der Waals surface area contributed by atoms with Crippen LogP contribution in [0.3, 0.4) is 0 Å². The standard InChI is InChI=1S/C30H36N6O2/c1-19-25(15-34-36(19)23-5-3-2-4-6-23)29(38)35-8-7-24-26(17-35)32-18-33-28(24)31-16-27(37)30-12-20-9-21(13-30)11-22(10-20)14-30/h2-6,15,18,20-22,27,37H,7-14,16-17H2,1H3,(H,31,32,33). The maximum atomic E-state index is 13.5. The lowest BCUT2D eigenvalue weighted by atomic mass is 9.48. The van der Waals surface area contributed by atoms with E-state index < -0.39 is 0 Å². The number of carbonyl (C=O) groups excluding carboxylic acids is 1. The van der Waals surface area contributed by atoms with Crippen molar-refractivity contribution in [1.82, 2.24) is 24.6 Å². The van der Waals surface area contributed by atoms with Crippen molar-refractivity contribution >= 4 is 11.7 Å². The fourth-order valence-electron chi connectivity index (χ4n) is 8.30. The lowest BCUT2D eigenvalue weighted by Gasteiger charge is -2.58. The second-order valence-electron chi connectivity index (χ2n) is 12.2. The molecule has 3 aromatic rings. The molecule has 4 bridgehead atoms. The molecule has 0 saturated heterocycles. The molecule has 5 aliphatic rings. The first-order chi connectivity index (χ1) is 18.5. The number of anilines is 1. The number of amides is 1. The Bertz CT molecular complexity index is 1320. The summed E-state index contributed by atoms with van der Waals surface area (Å²) in [5.41, 5.74) is 4.40. The third kappa shape index (κ3) is 4.01. The van der Waals surface area contributed by atoms with Crippen LogP contribution < -0.4 is 5.32 Å². The number of nitrogens with one attached hydrogen (secondary N) is 1. The molecule has 8 nitrogen and oxygen atoms in total. The quantitative estimate of drug-likeness (QED) is 0.515. The molecule has 4 aliphatic carbocycles. The predicted molar refractivity (Wildman–Crippen MR) is 144 cm³/mol. The molecule has 1 amide bonds. The SMILES string of the molecule is Cc1c(C(=O)N2CCc3c(ncnc3NCC(O)C34CC5CC(CC(C5)C3)C4)C2)cnn1-c1ccccc1. The van der Waals surface area contributed by atoms with Crippen LogP contribution in [0.5, 0.6) is 0 Å². The van der Waals surface area contributed by atoms with Gasteiger partial charge < -0.3 is 15.3 Å². The van der Waals surface area contributed by atoms with Crippen LogP contribution in [-0.4, -0.2) is 54.9 Å². The van der Waals surface area contributed by atoms with Gasteiger partial charge in [0.2, 0.25) is 0 Å². The van der Waals surface area contributed by atoms with Gasteiger partial charge in [-0.1, -0.05) is 18.2 Å². The van der Waals surface area contributed by atoms with Crippen molar-refractivity contribution in [3.63, 3.8) is 0 Å².